The first kappa shape index (κ1) is 16.9. The monoisotopic (exact) mass is 333 g/mol. The Morgan fingerprint density at radius 3 is 1.92 bits per heavy atom. The smallest absolute Gasteiger partial charge is 0.143 e. The van der Waals surface area contributed by atoms with Crippen LogP contribution in [0.3, 0.4) is 0 Å². The van der Waals surface area contributed by atoms with E-state index in [2.05, 4.69) is 36.5 Å². The van der Waals surface area contributed by atoms with E-state index in [-0.39, 0.29) is 0 Å². The molecule has 0 bridgehead atoms. The molecule has 0 unspecified atom stereocenters. The summed E-state index contributed by atoms with van der Waals surface area (Å²) < 4.78 is 11.9. The predicted molar refractivity (Wildman–Crippen MR) is 102 cm³/mol. The highest BCUT2D eigenvalue weighted by molar-refractivity contribution is 5.59. The molecule has 3 heteroatoms. The Labute approximate surface area is 149 Å². The summed E-state index contributed by atoms with van der Waals surface area (Å²) in [5.74, 6) is 1.66. The van der Waals surface area contributed by atoms with Crippen molar-refractivity contribution in [1.29, 1.82) is 0 Å². The van der Waals surface area contributed by atoms with Crippen LogP contribution in [0.25, 0.3) is 0 Å². The summed E-state index contributed by atoms with van der Waals surface area (Å²) in [5, 5.41) is 3.35. The molecule has 0 saturated carbocycles. The van der Waals surface area contributed by atoms with Gasteiger partial charge in [-0.15, -0.1) is 0 Å². The van der Waals surface area contributed by atoms with Crippen LogP contribution >= 0.6 is 0 Å². The molecule has 0 atom stereocenters. The van der Waals surface area contributed by atoms with Gasteiger partial charge in [0.25, 0.3) is 0 Å². The summed E-state index contributed by atoms with van der Waals surface area (Å²) in [6.07, 6.45) is 0. The van der Waals surface area contributed by atoms with Crippen molar-refractivity contribution in [2.75, 3.05) is 11.9 Å². The van der Waals surface area contributed by atoms with E-state index in [0.29, 0.717) is 13.2 Å². The maximum absolute atomic E-state index is 5.98. The van der Waals surface area contributed by atoms with E-state index < -0.39 is 0 Å². The van der Waals surface area contributed by atoms with E-state index in [1.807, 2.05) is 54.6 Å². The van der Waals surface area contributed by atoms with Crippen molar-refractivity contribution in [2.24, 2.45) is 0 Å². The zero-order valence-corrected chi connectivity index (χ0v) is 14.4. The maximum atomic E-state index is 5.98. The Morgan fingerprint density at radius 2 is 1.32 bits per heavy atom. The van der Waals surface area contributed by atoms with Crippen LogP contribution in [0.2, 0.25) is 0 Å². The van der Waals surface area contributed by atoms with Gasteiger partial charge in [-0.25, -0.2) is 0 Å². The fourth-order valence-electron chi connectivity index (χ4n) is 2.53. The Hall–Kier alpha value is -2.94. The molecule has 0 saturated heterocycles. The molecule has 0 aromatic heterocycles. The molecule has 0 fully saturated rings. The molecule has 0 radical (unpaired) electrons. The molecule has 0 aliphatic rings. The zero-order chi connectivity index (χ0) is 17.3. The van der Waals surface area contributed by atoms with Gasteiger partial charge in [0, 0.05) is 12.6 Å². The topological polar surface area (TPSA) is 30.5 Å². The average molecular weight is 333 g/mol. The summed E-state index contributed by atoms with van der Waals surface area (Å²) in [5.41, 5.74) is 3.25. The number of benzene rings is 3. The van der Waals surface area contributed by atoms with E-state index in [4.69, 9.17) is 9.47 Å². The number of hydrogen-bond acceptors (Lipinski definition) is 3. The number of rotatable bonds is 8. The van der Waals surface area contributed by atoms with Gasteiger partial charge >= 0.3 is 0 Å². The van der Waals surface area contributed by atoms with Crippen LogP contribution < -0.4 is 14.8 Å². The van der Waals surface area contributed by atoms with Gasteiger partial charge in [-0.1, -0.05) is 60.7 Å². The van der Waals surface area contributed by atoms with E-state index in [9.17, 15) is 0 Å². The molecule has 3 rings (SSSR count). The average Bonchev–Trinajstić information content (AvgIpc) is 2.67. The van der Waals surface area contributed by atoms with Crippen molar-refractivity contribution in [3.8, 4) is 11.5 Å². The van der Waals surface area contributed by atoms with Crippen molar-refractivity contribution < 1.29 is 9.47 Å². The molecule has 0 spiro atoms. The van der Waals surface area contributed by atoms with Crippen LogP contribution in [0.4, 0.5) is 5.69 Å². The van der Waals surface area contributed by atoms with Crippen LogP contribution in [0.5, 0.6) is 11.5 Å². The molecular weight excluding hydrogens is 310 g/mol. The molecule has 128 valence electrons. The van der Waals surface area contributed by atoms with Crippen LogP contribution in [0.15, 0.2) is 78.9 Å². The van der Waals surface area contributed by atoms with Gasteiger partial charge in [-0.05, 0) is 30.2 Å². The Bertz CT molecular complexity index is 773. The van der Waals surface area contributed by atoms with Gasteiger partial charge in [-0.3, -0.25) is 0 Å². The van der Waals surface area contributed by atoms with Crippen LogP contribution in [-0.2, 0) is 13.2 Å². The largest absolute Gasteiger partial charge is 0.489 e. The summed E-state index contributed by atoms with van der Waals surface area (Å²) in [4.78, 5) is 0. The van der Waals surface area contributed by atoms with E-state index in [0.717, 1.165) is 34.9 Å². The lowest BCUT2D eigenvalue weighted by molar-refractivity contribution is 0.298. The quantitative estimate of drug-likeness (QED) is 0.608. The van der Waals surface area contributed by atoms with Gasteiger partial charge < -0.3 is 14.8 Å². The molecule has 0 amide bonds. The molecule has 3 aromatic carbocycles. The van der Waals surface area contributed by atoms with Gasteiger partial charge in [0.05, 0.1) is 5.69 Å². The van der Waals surface area contributed by atoms with Crippen molar-refractivity contribution in [2.45, 2.75) is 20.1 Å². The van der Waals surface area contributed by atoms with Gasteiger partial charge in [-0.2, -0.15) is 0 Å². The summed E-state index contributed by atoms with van der Waals surface area (Å²) in [6.45, 7) is 3.99. The highest BCUT2D eigenvalue weighted by Gasteiger charge is 2.06. The fraction of sp³-hybridized carbons (Fsp3) is 0.182. The number of ether oxygens (including phenoxy) is 2. The van der Waals surface area contributed by atoms with Crippen molar-refractivity contribution in [3.05, 3.63) is 90.0 Å². The highest BCUT2D eigenvalue weighted by atomic mass is 16.5. The second-order valence-electron chi connectivity index (χ2n) is 5.74. The van der Waals surface area contributed by atoms with Crippen LogP contribution in [0.1, 0.15) is 18.1 Å². The third-order valence-electron chi connectivity index (χ3n) is 3.80. The summed E-state index contributed by atoms with van der Waals surface area (Å²) in [7, 11) is 0. The normalized spacial score (nSPS) is 10.3. The number of anilines is 1. The van der Waals surface area contributed by atoms with E-state index >= 15 is 0 Å². The van der Waals surface area contributed by atoms with E-state index in [1.165, 1.54) is 0 Å². The lowest BCUT2D eigenvalue weighted by Crippen LogP contribution is -2.03. The van der Waals surface area contributed by atoms with Gasteiger partial charge in [0.1, 0.15) is 24.7 Å². The Kier molecular flexibility index (Phi) is 5.94. The number of hydrogen-bond donors (Lipinski definition) is 1. The first-order valence-corrected chi connectivity index (χ1v) is 8.56. The van der Waals surface area contributed by atoms with Gasteiger partial charge in [0.2, 0.25) is 0 Å². The predicted octanol–water partition coefficient (Wildman–Crippen LogP) is 5.28. The second kappa shape index (κ2) is 8.78. The first-order chi connectivity index (χ1) is 12.3. The third-order valence-corrected chi connectivity index (χ3v) is 3.80. The minimum Gasteiger partial charge on any atom is -0.489 e. The fourth-order valence-corrected chi connectivity index (χ4v) is 2.53. The standard InChI is InChI=1S/C22H23NO2/c1-2-23-21-15-20(24-16-18-9-5-3-6-10-18)13-14-22(21)25-17-19-11-7-4-8-12-19/h3-15,23H,2,16-17H2,1H3. The molecule has 25 heavy (non-hydrogen) atoms. The maximum Gasteiger partial charge on any atom is 0.143 e. The molecular formula is C22H23NO2. The van der Waals surface area contributed by atoms with Gasteiger partial charge in [0.15, 0.2) is 0 Å². The molecule has 1 N–H and O–H groups in total. The minimum absolute atomic E-state index is 0.545. The Morgan fingerprint density at radius 1 is 0.720 bits per heavy atom. The molecule has 0 aliphatic carbocycles. The second-order valence-corrected chi connectivity index (χ2v) is 5.74. The number of nitrogens with one attached hydrogen (secondary N) is 1. The van der Waals surface area contributed by atoms with Crippen LogP contribution in [0, 0.1) is 0 Å². The molecule has 0 aliphatic heterocycles. The summed E-state index contributed by atoms with van der Waals surface area (Å²) in [6, 6.07) is 26.2. The lowest BCUT2D eigenvalue weighted by atomic mass is 10.2. The molecule has 3 aromatic rings. The SMILES string of the molecule is CCNc1cc(OCc2ccccc2)ccc1OCc1ccccc1. The third kappa shape index (κ3) is 5.01. The molecule has 3 nitrogen and oxygen atoms in total. The van der Waals surface area contributed by atoms with E-state index in [1.54, 1.807) is 0 Å². The van der Waals surface area contributed by atoms with Crippen LogP contribution in [-0.4, -0.2) is 6.54 Å². The van der Waals surface area contributed by atoms with Crippen molar-refractivity contribution >= 4 is 5.69 Å². The zero-order valence-electron chi connectivity index (χ0n) is 14.4. The molecule has 0 heterocycles. The highest BCUT2D eigenvalue weighted by Crippen LogP contribution is 2.30. The minimum atomic E-state index is 0.545. The van der Waals surface area contributed by atoms with Crippen molar-refractivity contribution in [3.63, 3.8) is 0 Å². The first-order valence-electron chi connectivity index (χ1n) is 8.56. The summed E-state index contributed by atoms with van der Waals surface area (Å²) >= 11 is 0. The Balaban J connectivity index is 1.67. The van der Waals surface area contributed by atoms with Crippen molar-refractivity contribution in [1.82, 2.24) is 0 Å². The lowest BCUT2D eigenvalue weighted by Gasteiger charge is -2.15.